The van der Waals surface area contributed by atoms with Gasteiger partial charge in [0.2, 0.25) is 5.91 Å². The number of amides is 2. The third-order valence-corrected chi connectivity index (χ3v) is 6.14. The van der Waals surface area contributed by atoms with E-state index in [1.54, 1.807) is 28.0 Å². The average molecular weight is 445 g/mol. The summed E-state index contributed by atoms with van der Waals surface area (Å²) in [4.78, 5) is 29.6. The fourth-order valence-electron chi connectivity index (χ4n) is 4.45. The number of hydrogen-bond donors (Lipinski definition) is 1. The number of nitrogens with zero attached hydrogens (tertiary/aromatic N) is 2. The molecule has 0 saturated carbocycles. The van der Waals surface area contributed by atoms with Crippen LogP contribution in [0.4, 0.5) is 15.8 Å². The van der Waals surface area contributed by atoms with E-state index in [2.05, 4.69) is 5.32 Å². The van der Waals surface area contributed by atoms with Gasteiger partial charge in [-0.3, -0.25) is 9.59 Å². The van der Waals surface area contributed by atoms with E-state index >= 15 is 0 Å². The average Bonchev–Trinajstić information content (AvgIpc) is 3.27. The Morgan fingerprint density at radius 2 is 1.70 bits per heavy atom. The molecular formula is C26H24FN3O3. The Labute approximate surface area is 191 Å². The number of morpholine rings is 1. The second-order valence-electron chi connectivity index (χ2n) is 8.31. The molecule has 2 fully saturated rings. The van der Waals surface area contributed by atoms with Gasteiger partial charge in [-0.05, 0) is 42.0 Å². The Morgan fingerprint density at radius 1 is 0.970 bits per heavy atom. The summed E-state index contributed by atoms with van der Waals surface area (Å²) in [7, 11) is 0. The molecule has 5 rings (SSSR count). The molecule has 2 atom stereocenters. The molecule has 0 radical (unpaired) electrons. The zero-order chi connectivity index (χ0) is 22.8. The monoisotopic (exact) mass is 445 g/mol. The van der Waals surface area contributed by atoms with E-state index < -0.39 is 0 Å². The van der Waals surface area contributed by atoms with Crippen LogP contribution in [0.1, 0.15) is 15.9 Å². The highest BCUT2D eigenvalue weighted by atomic mass is 19.1. The molecule has 0 aliphatic carbocycles. The second-order valence-corrected chi connectivity index (χ2v) is 8.31. The van der Waals surface area contributed by atoms with Crippen molar-refractivity contribution < 1.29 is 18.7 Å². The van der Waals surface area contributed by atoms with Crippen molar-refractivity contribution in [3.63, 3.8) is 0 Å². The highest BCUT2D eigenvalue weighted by Gasteiger charge is 2.44. The summed E-state index contributed by atoms with van der Waals surface area (Å²) in [5.74, 6) is -0.549. The lowest BCUT2D eigenvalue weighted by molar-refractivity contribution is -0.153. The van der Waals surface area contributed by atoms with Gasteiger partial charge in [0, 0.05) is 25.3 Å². The Balaban J connectivity index is 1.34. The quantitative estimate of drug-likeness (QED) is 0.649. The van der Waals surface area contributed by atoms with E-state index in [1.165, 1.54) is 12.1 Å². The molecule has 33 heavy (non-hydrogen) atoms. The molecule has 3 aromatic rings. The molecule has 0 bridgehead atoms. The van der Waals surface area contributed by atoms with Crippen molar-refractivity contribution in [2.24, 2.45) is 0 Å². The Hall–Kier alpha value is -3.71. The van der Waals surface area contributed by atoms with Gasteiger partial charge in [-0.15, -0.1) is 0 Å². The number of likely N-dealkylation sites (tertiary alicyclic amines) is 1. The third-order valence-electron chi connectivity index (χ3n) is 6.14. The molecule has 0 aromatic heterocycles. The minimum Gasteiger partial charge on any atom is -0.364 e. The molecule has 0 spiro atoms. The summed E-state index contributed by atoms with van der Waals surface area (Å²) in [5, 5.41) is 3.32. The smallest absolute Gasteiger partial charge is 0.256 e. The van der Waals surface area contributed by atoms with Crippen molar-refractivity contribution in [3.05, 3.63) is 95.8 Å². The van der Waals surface area contributed by atoms with Crippen molar-refractivity contribution in [1.82, 2.24) is 9.80 Å². The largest absolute Gasteiger partial charge is 0.364 e. The van der Waals surface area contributed by atoms with E-state index in [1.807, 2.05) is 48.5 Å². The minimum absolute atomic E-state index is 0.0173. The van der Waals surface area contributed by atoms with Crippen LogP contribution in [0.3, 0.4) is 0 Å². The number of fused-ring (bicyclic) bond motifs is 1. The first-order valence-electron chi connectivity index (χ1n) is 10.9. The fourth-order valence-corrected chi connectivity index (χ4v) is 4.45. The molecule has 7 heteroatoms. The summed E-state index contributed by atoms with van der Waals surface area (Å²) >= 11 is 0. The molecule has 2 amide bonds. The van der Waals surface area contributed by atoms with Gasteiger partial charge in [0.1, 0.15) is 12.4 Å². The van der Waals surface area contributed by atoms with Gasteiger partial charge in [0.05, 0.1) is 23.4 Å². The predicted molar refractivity (Wildman–Crippen MR) is 123 cm³/mol. The van der Waals surface area contributed by atoms with Crippen LogP contribution in [0.2, 0.25) is 0 Å². The minimum atomic E-state index is -0.314. The molecule has 2 aliphatic heterocycles. The van der Waals surface area contributed by atoms with Crippen LogP contribution >= 0.6 is 0 Å². The van der Waals surface area contributed by atoms with Crippen LogP contribution in [0, 0.1) is 5.82 Å². The van der Waals surface area contributed by atoms with E-state index in [0.717, 1.165) is 16.9 Å². The summed E-state index contributed by atoms with van der Waals surface area (Å²) in [6.45, 7) is 1.14. The lowest BCUT2D eigenvalue weighted by atomic mass is 10.1. The van der Waals surface area contributed by atoms with Crippen LogP contribution in [-0.4, -0.2) is 53.5 Å². The number of rotatable bonds is 5. The van der Waals surface area contributed by atoms with Crippen LogP contribution in [0.15, 0.2) is 78.9 Å². The first-order chi connectivity index (χ1) is 16.1. The number of hydrogen-bond acceptors (Lipinski definition) is 4. The Bertz CT molecular complexity index is 1150. The highest BCUT2D eigenvalue weighted by Crippen LogP contribution is 2.29. The molecular weight excluding hydrogens is 421 g/mol. The van der Waals surface area contributed by atoms with Crippen LogP contribution in [-0.2, 0) is 16.1 Å². The van der Waals surface area contributed by atoms with Gasteiger partial charge < -0.3 is 19.9 Å². The lowest BCUT2D eigenvalue weighted by Crippen LogP contribution is -2.53. The number of carbonyl (C=O) groups excluding carboxylic acids is 2. The predicted octanol–water partition coefficient (Wildman–Crippen LogP) is 3.82. The van der Waals surface area contributed by atoms with Crippen molar-refractivity contribution in [2.45, 2.75) is 18.7 Å². The maximum absolute atomic E-state index is 13.5. The van der Waals surface area contributed by atoms with Crippen molar-refractivity contribution >= 4 is 23.2 Å². The third kappa shape index (κ3) is 4.45. The molecule has 1 N–H and O–H groups in total. The first-order valence-corrected chi connectivity index (χ1v) is 10.9. The molecule has 3 aromatic carbocycles. The number of benzene rings is 3. The van der Waals surface area contributed by atoms with Gasteiger partial charge in [-0.25, -0.2) is 4.39 Å². The number of anilines is 2. The topological polar surface area (TPSA) is 61.9 Å². The maximum atomic E-state index is 13.5. The fraction of sp³-hybridized carbons (Fsp3) is 0.231. The van der Waals surface area contributed by atoms with E-state index in [0.29, 0.717) is 25.2 Å². The van der Waals surface area contributed by atoms with Gasteiger partial charge in [-0.2, -0.15) is 0 Å². The number of para-hydroxylation sites is 2. The van der Waals surface area contributed by atoms with E-state index in [-0.39, 0.29) is 36.4 Å². The number of nitrogens with one attached hydrogen (secondary N) is 1. The van der Waals surface area contributed by atoms with Crippen LogP contribution in [0.25, 0.3) is 0 Å². The van der Waals surface area contributed by atoms with Gasteiger partial charge in [-0.1, -0.05) is 42.5 Å². The number of halogens is 1. The zero-order valence-corrected chi connectivity index (χ0v) is 18.0. The van der Waals surface area contributed by atoms with Crippen molar-refractivity contribution in [3.8, 4) is 0 Å². The molecule has 0 unspecified atom stereocenters. The molecule has 2 aliphatic rings. The van der Waals surface area contributed by atoms with Crippen LogP contribution < -0.4 is 5.32 Å². The summed E-state index contributed by atoms with van der Waals surface area (Å²) in [6.07, 6.45) is -0.249. The molecule has 6 nitrogen and oxygen atoms in total. The lowest BCUT2D eigenvalue weighted by Gasteiger charge is -2.36. The molecule has 2 heterocycles. The number of ether oxygens (including phenoxy) is 1. The molecule has 168 valence electrons. The van der Waals surface area contributed by atoms with E-state index in [9.17, 15) is 14.0 Å². The normalized spacial score (nSPS) is 20.0. The summed E-state index contributed by atoms with van der Waals surface area (Å²) < 4.78 is 19.1. The first kappa shape index (κ1) is 21.2. The second kappa shape index (κ2) is 9.03. The Kier molecular flexibility index (Phi) is 5.79. The zero-order valence-electron chi connectivity index (χ0n) is 18.0. The maximum Gasteiger partial charge on any atom is 0.256 e. The standard InChI is InChI=1S/C26H24FN3O3/c27-19-12-10-18(11-13-19)14-30-23-15-29(16-24(23)33-17-25(30)31)26(32)21-8-4-5-9-22(21)28-20-6-2-1-3-7-20/h1-13,23-24,28H,14-17H2/t23-,24-/m0/s1. The van der Waals surface area contributed by atoms with Gasteiger partial charge in [0.15, 0.2) is 0 Å². The molecule has 2 saturated heterocycles. The van der Waals surface area contributed by atoms with Crippen molar-refractivity contribution in [1.29, 1.82) is 0 Å². The van der Waals surface area contributed by atoms with Gasteiger partial charge in [0.25, 0.3) is 5.91 Å². The van der Waals surface area contributed by atoms with Crippen molar-refractivity contribution in [2.75, 3.05) is 25.0 Å². The van der Waals surface area contributed by atoms with Gasteiger partial charge >= 0.3 is 0 Å². The summed E-state index contributed by atoms with van der Waals surface area (Å²) in [6, 6.07) is 23.0. The Morgan fingerprint density at radius 3 is 2.48 bits per heavy atom. The summed E-state index contributed by atoms with van der Waals surface area (Å²) in [5.41, 5.74) is 3.03. The number of carbonyl (C=O) groups is 2. The highest BCUT2D eigenvalue weighted by molar-refractivity contribution is 6.00. The van der Waals surface area contributed by atoms with E-state index in [4.69, 9.17) is 4.74 Å². The SMILES string of the molecule is O=C(c1ccccc1Nc1ccccc1)N1C[C@@H]2OCC(=O)N(Cc3ccc(F)cc3)[C@H]2C1. The van der Waals surface area contributed by atoms with Crippen LogP contribution in [0.5, 0.6) is 0 Å².